The van der Waals surface area contributed by atoms with Crippen LogP contribution in [0.1, 0.15) is 57.7 Å². The number of nitrogens with zero attached hydrogens (tertiary/aromatic N) is 7. The van der Waals surface area contributed by atoms with Gasteiger partial charge in [-0.1, -0.05) is 29.8 Å². The van der Waals surface area contributed by atoms with Crippen molar-refractivity contribution in [3.63, 3.8) is 0 Å². The molecule has 3 aromatic rings. The Morgan fingerprint density at radius 3 is 2.57 bits per heavy atom. The maximum atomic E-state index is 12.3. The summed E-state index contributed by atoms with van der Waals surface area (Å²) >= 11 is 13.8. The number of H-pyrrole nitrogens is 1. The lowest BCUT2D eigenvalue weighted by molar-refractivity contribution is -0.127. The Bertz CT molecular complexity index is 1690. The lowest BCUT2D eigenvalue weighted by atomic mass is 9.80. The smallest absolute Gasteiger partial charge is 0.245 e. The summed E-state index contributed by atoms with van der Waals surface area (Å²) < 4.78 is 7.70. The number of fused-ring (bicyclic) bond motifs is 2. The number of nitrogens with one attached hydrogen (secondary N) is 1. The molecule has 8 rings (SSSR count). The lowest BCUT2D eigenvalue weighted by Gasteiger charge is -2.53. The third-order valence-electron chi connectivity index (χ3n) is 11.9. The number of carbonyl (C=O) groups is 1. The average Bonchev–Trinajstić information content (AvgIpc) is 3.71. The molecule has 7 heterocycles. The third-order valence-corrected chi connectivity index (χ3v) is 12.7. The van der Waals surface area contributed by atoms with Gasteiger partial charge in [-0.2, -0.15) is 10.2 Å². The van der Waals surface area contributed by atoms with Crippen LogP contribution in [0.5, 0.6) is 0 Å². The van der Waals surface area contributed by atoms with Gasteiger partial charge in [-0.05, 0) is 70.9 Å². The molecule has 5 fully saturated rings. The van der Waals surface area contributed by atoms with E-state index in [-0.39, 0.29) is 17.5 Å². The van der Waals surface area contributed by atoms with Crippen molar-refractivity contribution in [1.82, 2.24) is 34.7 Å². The van der Waals surface area contributed by atoms with Crippen LogP contribution in [0.4, 0.5) is 5.82 Å². The van der Waals surface area contributed by atoms with Crippen LogP contribution in [0.25, 0.3) is 22.0 Å². The summed E-state index contributed by atoms with van der Waals surface area (Å²) in [6.07, 6.45) is 8.42. The van der Waals surface area contributed by atoms with E-state index < -0.39 is 0 Å². The van der Waals surface area contributed by atoms with Gasteiger partial charge in [-0.15, -0.1) is 0 Å². The summed E-state index contributed by atoms with van der Waals surface area (Å²) in [4.78, 5) is 22.2. The number of aromatic nitrogens is 4. The lowest BCUT2D eigenvalue weighted by Crippen LogP contribution is -2.66. The highest BCUT2D eigenvalue weighted by Crippen LogP contribution is 2.48. The molecule has 0 spiro atoms. The Kier molecular flexibility index (Phi) is 8.11. The van der Waals surface area contributed by atoms with Crippen molar-refractivity contribution < 1.29 is 9.53 Å². The normalized spacial score (nSPS) is 27.2. The predicted octanol–water partition coefficient (Wildman–Crippen LogP) is 5.54. The second kappa shape index (κ2) is 12.1. The Morgan fingerprint density at radius 2 is 1.87 bits per heavy atom. The van der Waals surface area contributed by atoms with Crippen molar-refractivity contribution in [3.05, 3.63) is 40.7 Å². The van der Waals surface area contributed by atoms with Crippen molar-refractivity contribution in [2.45, 2.75) is 82.6 Å². The number of hydrogen-bond acceptors (Lipinski definition) is 7. The van der Waals surface area contributed by atoms with Gasteiger partial charge < -0.3 is 14.5 Å². The number of rotatable bonds is 7. The van der Waals surface area contributed by atoms with Crippen LogP contribution in [0.2, 0.25) is 10.0 Å². The van der Waals surface area contributed by atoms with E-state index in [4.69, 9.17) is 33.0 Å². The molecule has 0 aliphatic carbocycles. The average molecular weight is 682 g/mol. The number of carbonyl (C=O) groups excluding carboxylic acids is 1. The minimum absolute atomic E-state index is 0.00772. The number of ether oxygens (including phenoxy) is 1. The maximum absolute atomic E-state index is 12.3. The number of benzene rings is 1. The number of likely N-dealkylation sites (tertiary alicyclic amines) is 3. The molecular formula is C35H46Cl2N8O2. The van der Waals surface area contributed by atoms with Crippen LogP contribution in [-0.4, -0.2) is 117 Å². The van der Waals surface area contributed by atoms with Crippen LogP contribution in [0.15, 0.2) is 24.9 Å². The molecule has 1 amide bonds. The molecule has 2 aromatic heterocycles. The van der Waals surface area contributed by atoms with Gasteiger partial charge >= 0.3 is 0 Å². The van der Waals surface area contributed by atoms with Crippen molar-refractivity contribution >= 4 is 45.8 Å². The summed E-state index contributed by atoms with van der Waals surface area (Å²) in [6, 6.07) is 4.09. The molecule has 10 nitrogen and oxygen atoms in total. The summed E-state index contributed by atoms with van der Waals surface area (Å²) in [7, 11) is 0. The first-order chi connectivity index (χ1) is 22.6. The molecule has 1 N–H and O–H groups in total. The van der Waals surface area contributed by atoms with Gasteiger partial charge in [0.25, 0.3) is 0 Å². The van der Waals surface area contributed by atoms with E-state index in [0.29, 0.717) is 41.1 Å². The Hall–Kier alpha value is -2.63. The Morgan fingerprint density at radius 1 is 1.09 bits per heavy atom. The standard InChI is InChI=1S/C35H46Cl2N8O2/c1-5-30(46)41-10-7-23(8-11-41)45-21(2)31(32-25-16-38-39-27(25)14-26(36)33(32)37)34(40-45)44-13-6-22(15-35(44,3)4)17-42-18-29-28(42)9-12-43(29)24-19-47-20-24/h5,14,16,22-24,28-29H,1,6-13,15,17-20H2,2-4H3,(H,38,39)/t22-,28?,29?/m1/s1. The molecule has 0 radical (unpaired) electrons. The molecule has 12 heteroatoms. The molecule has 47 heavy (non-hydrogen) atoms. The fourth-order valence-electron chi connectivity index (χ4n) is 9.32. The van der Waals surface area contributed by atoms with Crippen molar-refractivity contribution in [3.8, 4) is 11.1 Å². The summed E-state index contributed by atoms with van der Waals surface area (Å²) in [5.74, 6) is 1.59. The zero-order chi connectivity index (χ0) is 32.6. The molecule has 252 valence electrons. The maximum Gasteiger partial charge on any atom is 0.245 e. The molecule has 5 aliphatic rings. The molecule has 0 bridgehead atoms. The van der Waals surface area contributed by atoms with E-state index >= 15 is 0 Å². The fourth-order valence-corrected chi connectivity index (χ4v) is 9.77. The van der Waals surface area contributed by atoms with Gasteiger partial charge in [-0.25, -0.2) is 0 Å². The molecular weight excluding hydrogens is 635 g/mol. The van der Waals surface area contributed by atoms with E-state index in [0.717, 1.165) is 85.0 Å². The first-order valence-corrected chi connectivity index (χ1v) is 18.1. The van der Waals surface area contributed by atoms with Crippen LogP contribution < -0.4 is 4.90 Å². The van der Waals surface area contributed by atoms with Gasteiger partial charge in [-0.3, -0.25) is 24.4 Å². The van der Waals surface area contributed by atoms with Crippen molar-refractivity contribution in [2.24, 2.45) is 5.92 Å². The van der Waals surface area contributed by atoms with E-state index in [1.807, 2.05) is 17.2 Å². The first kappa shape index (κ1) is 31.6. The quantitative estimate of drug-likeness (QED) is 0.328. The molecule has 0 saturated carbocycles. The van der Waals surface area contributed by atoms with Gasteiger partial charge in [0.05, 0.1) is 47.1 Å². The highest BCUT2D eigenvalue weighted by atomic mass is 35.5. The highest BCUT2D eigenvalue weighted by molar-refractivity contribution is 6.45. The number of aromatic amines is 1. The summed E-state index contributed by atoms with van der Waals surface area (Å²) in [5.41, 5.74) is 3.71. The van der Waals surface area contributed by atoms with Gasteiger partial charge in [0, 0.05) is 79.1 Å². The number of piperidine rings is 2. The number of amides is 1. The first-order valence-electron chi connectivity index (χ1n) is 17.3. The largest absolute Gasteiger partial charge is 0.378 e. The third kappa shape index (κ3) is 5.30. The van der Waals surface area contributed by atoms with Gasteiger partial charge in [0.1, 0.15) is 0 Å². The van der Waals surface area contributed by atoms with Crippen LogP contribution >= 0.6 is 23.2 Å². The predicted molar refractivity (Wildman–Crippen MR) is 186 cm³/mol. The molecule has 3 atom stereocenters. The second-order valence-corrected chi connectivity index (χ2v) is 15.8. The van der Waals surface area contributed by atoms with Crippen LogP contribution in [-0.2, 0) is 9.53 Å². The Labute approximate surface area is 287 Å². The van der Waals surface area contributed by atoms with Gasteiger partial charge in [0.2, 0.25) is 5.91 Å². The summed E-state index contributed by atoms with van der Waals surface area (Å²) in [6.45, 7) is 18.3. The highest BCUT2D eigenvalue weighted by Gasteiger charge is 2.51. The van der Waals surface area contributed by atoms with Crippen LogP contribution in [0.3, 0.4) is 0 Å². The number of anilines is 1. The molecule has 5 aliphatic heterocycles. The topological polar surface area (TPSA) is 85.8 Å². The van der Waals surface area contributed by atoms with Crippen LogP contribution in [0, 0.1) is 12.8 Å². The summed E-state index contributed by atoms with van der Waals surface area (Å²) in [5, 5.41) is 14.8. The second-order valence-electron chi connectivity index (χ2n) is 15.0. The van der Waals surface area contributed by atoms with E-state index in [9.17, 15) is 4.79 Å². The molecule has 1 aromatic carbocycles. The van der Waals surface area contributed by atoms with E-state index in [1.165, 1.54) is 32.1 Å². The molecule has 5 saturated heterocycles. The fraction of sp³-hybridized carbons (Fsp3) is 0.629. The SMILES string of the molecule is C=CC(=O)N1CCC(n2nc(N3CC[C@@H](CN4CC5C4CCN5C4COC4)CC3(C)C)c(-c3c(Cl)c(Cl)cc4[nH]ncc34)c2C)CC1. The number of halogens is 2. The minimum atomic E-state index is -0.112. The monoisotopic (exact) mass is 680 g/mol. The van der Waals surface area contributed by atoms with Gasteiger partial charge in [0.15, 0.2) is 5.82 Å². The molecule has 2 unspecified atom stereocenters. The Balaban J connectivity index is 1.08. The van der Waals surface area contributed by atoms with Crippen molar-refractivity contribution in [2.75, 3.05) is 57.4 Å². The zero-order valence-corrected chi connectivity index (χ0v) is 29.2. The van der Waals surface area contributed by atoms with Crippen molar-refractivity contribution in [1.29, 1.82) is 0 Å². The van der Waals surface area contributed by atoms with E-state index in [1.54, 1.807) is 0 Å². The zero-order valence-electron chi connectivity index (χ0n) is 27.7. The van der Waals surface area contributed by atoms with E-state index in [2.05, 4.69) is 56.9 Å². The number of hydrogen-bond donors (Lipinski definition) is 1. The minimum Gasteiger partial charge on any atom is -0.378 e.